The smallest absolute Gasteiger partial charge is 0.276 e. The van der Waals surface area contributed by atoms with Crippen LogP contribution in [0.5, 0.6) is 0 Å². The van der Waals surface area contributed by atoms with Crippen molar-refractivity contribution >= 4 is 16.8 Å². The van der Waals surface area contributed by atoms with Crippen molar-refractivity contribution < 1.29 is 4.79 Å². The van der Waals surface area contributed by atoms with Gasteiger partial charge in [0.25, 0.3) is 5.91 Å². The van der Waals surface area contributed by atoms with Gasteiger partial charge in [0.15, 0.2) is 5.69 Å². The molecule has 3 aromatic rings. The van der Waals surface area contributed by atoms with Crippen molar-refractivity contribution in [3.8, 4) is 0 Å². The Hall–Kier alpha value is -2.76. The molecule has 6 heteroatoms. The molecule has 0 unspecified atom stereocenters. The summed E-state index contributed by atoms with van der Waals surface area (Å²) in [5, 5.41) is 9.40. The molecule has 0 N–H and O–H groups in total. The summed E-state index contributed by atoms with van der Waals surface area (Å²) >= 11 is 0. The summed E-state index contributed by atoms with van der Waals surface area (Å²) in [6.07, 6.45) is 7.77. The van der Waals surface area contributed by atoms with Gasteiger partial charge in [-0.15, -0.1) is 5.10 Å². The number of hydrogen-bond acceptors (Lipinski definition) is 4. The van der Waals surface area contributed by atoms with E-state index in [1.807, 2.05) is 41.1 Å². The number of carbonyl (C=O) groups is 1. The lowest BCUT2D eigenvalue weighted by Gasteiger charge is -2.21. The molecule has 1 fully saturated rings. The lowest BCUT2D eigenvalue weighted by Crippen LogP contribution is -2.27. The van der Waals surface area contributed by atoms with Gasteiger partial charge in [-0.05, 0) is 25.0 Å². The zero-order valence-electron chi connectivity index (χ0n) is 15.0. The van der Waals surface area contributed by atoms with E-state index < -0.39 is 0 Å². The highest BCUT2D eigenvalue weighted by Crippen LogP contribution is 2.27. The van der Waals surface area contributed by atoms with Gasteiger partial charge in [0, 0.05) is 12.4 Å². The second kappa shape index (κ2) is 7.23. The van der Waals surface area contributed by atoms with Crippen molar-refractivity contribution in [2.24, 2.45) is 0 Å². The highest BCUT2D eigenvalue weighted by atomic mass is 16.2. The van der Waals surface area contributed by atoms with Gasteiger partial charge in [-0.3, -0.25) is 9.78 Å². The second-order valence-corrected chi connectivity index (χ2v) is 7.03. The number of amides is 1. The van der Waals surface area contributed by atoms with E-state index in [1.54, 1.807) is 18.1 Å². The summed E-state index contributed by atoms with van der Waals surface area (Å²) in [5.41, 5.74) is 2.20. The van der Waals surface area contributed by atoms with Crippen molar-refractivity contribution in [2.75, 3.05) is 7.05 Å². The molecular formula is C20H23N5O. The third kappa shape index (κ3) is 3.45. The Morgan fingerprint density at radius 2 is 1.96 bits per heavy atom. The quantitative estimate of drug-likeness (QED) is 0.722. The van der Waals surface area contributed by atoms with Crippen LogP contribution in [-0.4, -0.2) is 37.8 Å². The van der Waals surface area contributed by atoms with Crippen LogP contribution in [0.2, 0.25) is 0 Å². The Morgan fingerprint density at radius 1 is 1.15 bits per heavy atom. The third-order valence-electron chi connectivity index (χ3n) is 5.08. The Labute approximate surface area is 152 Å². The molecule has 6 nitrogen and oxygen atoms in total. The topological polar surface area (TPSA) is 63.9 Å². The molecule has 1 aliphatic carbocycles. The molecule has 0 aliphatic heterocycles. The van der Waals surface area contributed by atoms with Crippen LogP contribution in [0, 0.1) is 0 Å². The molecule has 2 aromatic heterocycles. The first-order valence-electron chi connectivity index (χ1n) is 9.23. The van der Waals surface area contributed by atoms with Crippen LogP contribution in [0.15, 0.2) is 42.6 Å². The van der Waals surface area contributed by atoms with E-state index in [0.717, 1.165) is 29.4 Å². The summed E-state index contributed by atoms with van der Waals surface area (Å²) < 4.78 is 1.87. The van der Waals surface area contributed by atoms with Gasteiger partial charge in [-0.1, -0.05) is 48.7 Å². The Bertz CT molecular complexity index is 913. The molecule has 0 atom stereocenters. The Morgan fingerprint density at radius 3 is 2.81 bits per heavy atom. The summed E-state index contributed by atoms with van der Waals surface area (Å²) in [7, 11) is 1.78. The van der Waals surface area contributed by atoms with E-state index in [1.165, 1.54) is 19.3 Å². The van der Waals surface area contributed by atoms with E-state index in [9.17, 15) is 4.79 Å². The summed E-state index contributed by atoms with van der Waals surface area (Å²) in [6.45, 7) is 0.444. The van der Waals surface area contributed by atoms with Gasteiger partial charge in [-0.2, -0.15) is 0 Å². The first-order chi connectivity index (χ1) is 12.7. The van der Waals surface area contributed by atoms with E-state index in [4.69, 9.17) is 0 Å². The summed E-state index contributed by atoms with van der Waals surface area (Å²) in [5.74, 6) is -0.123. The number of rotatable bonds is 4. The third-order valence-corrected chi connectivity index (χ3v) is 5.08. The Kier molecular flexibility index (Phi) is 4.65. The van der Waals surface area contributed by atoms with Crippen LogP contribution < -0.4 is 0 Å². The molecule has 2 heterocycles. The fourth-order valence-corrected chi connectivity index (χ4v) is 3.61. The first kappa shape index (κ1) is 16.7. The second-order valence-electron chi connectivity index (χ2n) is 7.03. The van der Waals surface area contributed by atoms with Crippen LogP contribution in [0.4, 0.5) is 0 Å². The lowest BCUT2D eigenvalue weighted by molar-refractivity contribution is 0.0777. The molecule has 26 heavy (non-hydrogen) atoms. The molecule has 0 radical (unpaired) electrons. The van der Waals surface area contributed by atoms with Gasteiger partial charge in [0.1, 0.15) is 0 Å². The van der Waals surface area contributed by atoms with E-state index in [-0.39, 0.29) is 5.91 Å². The van der Waals surface area contributed by atoms with Crippen molar-refractivity contribution in [2.45, 2.75) is 44.7 Å². The molecule has 134 valence electrons. The monoisotopic (exact) mass is 349 g/mol. The predicted molar refractivity (Wildman–Crippen MR) is 99.7 cm³/mol. The first-order valence-corrected chi connectivity index (χ1v) is 9.23. The van der Waals surface area contributed by atoms with Crippen molar-refractivity contribution in [1.29, 1.82) is 0 Å². The number of hydrogen-bond donors (Lipinski definition) is 0. The maximum atomic E-state index is 12.7. The molecule has 1 saturated carbocycles. The van der Waals surface area contributed by atoms with Gasteiger partial charge >= 0.3 is 0 Å². The van der Waals surface area contributed by atoms with Crippen LogP contribution in [0.1, 0.15) is 54.3 Å². The molecule has 1 aliphatic rings. The number of aromatic nitrogens is 4. The van der Waals surface area contributed by atoms with Gasteiger partial charge < -0.3 is 4.90 Å². The fraction of sp³-hybridized carbons (Fsp3) is 0.400. The zero-order valence-corrected chi connectivity index (χ0v) is 15.0. The zero-order chi connectivity index (χ0) is 17.9. The van der Waals surface area contributed by atoms with Gasteiger partial charge in [0.2, 0.25) is 0 Å². The van der Waals surface area contributed by atoms with E-state index in [2.05, 4.69) is 15.3 Å². The molecule has 0 saturated heterocycles. The fourth-order valence-electron chi connectivity index (χ4n) is 3.61. The number of para-hydroxylation sites is 1. The van der Waals surface area contributed by atoms with E-state index >= 15 is 0 Å². The largest absolute Gasteiger partial charge is 0.334 e. The molecule has 1 aromatic carbocycles. The lowest BCUT2D eigenvalue weighted by atomic mass is 9.96. The minimum absolute atomic E-state index is 0.123. The predicted octanol–water partition coefficient (Wildman–Crippen LogP) is 3.60. The highest BCUT2D eigenvalue weighted by Gasteiger charge is 2.21. The minimum Gasteiger partial charge on any atom is -0.334 e. The standard InChI is InChI=1S/C20H23N5O/c1-24(13-16-12-11-15-7-5-6-10-18(15)21-16)20(26)19-14-25(23-22-19)17-8-3-2-4-9-17/h5-7,10-12,14,17H,2-4,8-9,13H2,1H3. The SMILES string of the molecule is CN(Cc1ccc2ccccc2n1)C(=O)c1cn(C2CCCCC2)nn1. The highest BCUT2D eigenvalue weighted by molar-refractivity contribution is 5.91. The van der Waals surface area contributed by atoms with Crippen molar-refractivity contribution in [3.63, 3.8) is 0 Å². The Balaban J connectivity index is 1.46. The average Bonchev–Trinajstić information content (AvgIpc) is 3.18. The maximum Gasteiger partial charge on any atom is 0.276 e. The van der Waals surface area contributed by atoms with Crippen LogP contribution in [0.25, 0.3) is 10.9 Å². The minimum atomic E-state index is -0.123. The van der Waals surface area contributed by atoms with Crippen LogP contribution >= 0.6 is 0 Å². The van der Waals surface area contributed by atoms with Crippen molar-refractivity contribution in [1.82, 2.24) is 24.9 Å². The van der Waals surface area contributed by atoms with E-state index in [0.29, 0.717) is 18.3 Å². The number of nitrogens with zero attached hydrogens (tertiary/aromatic N) is 5. The molecule has 0 bridgehead atoms. The van der Waals surface area contributed by atoms with Crippen molar-refractivity contribution in [3.05, 3.63) is 54.0 Å². The number of carbonyl (C=O) groups excluding carboxylic acids is 1. The summed E-state index contributed by atoms with van der Waals surface area (Å²) in [4.78, 5) is 19.0. The average molecular weight is 349 g/mol. The summed E-state index contributed by atoms with van der Waals surface area (Å²) in [6, 6.07) is 12.4. The van der Waals surface area contributed by atoms with Gasteiger partial charge in [-0.25, -0.2) is 4.68 Å². The molecule has 1 amide bonds. The number of fused-ring (bicyclic) bond motifs is 1. The van der Waals surface area contributed by atoms with Crippen LogP contribution in [0.3, 0.4) is 0 Å². The molecular weight excluding hydrogens is 326 g/mol. The van der Waals surface area contributed by atoms with Gasteiger partial charge in [0.05, 0.1) is 30.0 Å². The number of pyridine rings is 1. The normalized spacial score (nSPS) is 15.3. The number of benzene rings is 1. The van der Waals surface area contributed by atoms with Crippen LogP contribution in [-0.2, 0) is 6.54 Å². The molecule has 4 rings (SSSR count). The maximum absolute atomic E-state index is 12.7. The molecule has 0 spiro atoms.